The van der Waals surface area contributed by atoms with E-state index in [1.807, 2.05) is 31.3 Å². The monoisotopic (exact) mass is 426 g/mol. The Balaban J connectivity index is 1.62. The number of likely N-dealkylation sites (N-methyl/N-ethyl adjacent to an activating group) is 1. The summed E-state index contributed by atoms with van der Waals surface area (Å²) in [5, 5.41) is 14.7. The third-order valence-corrected chi connectivity index (χ3v) is 7.70. The zero-order valence-corrected chi connectivity index (χ0v) is 17.8. The predicted octanol–water partition coefficient (Wildman–Crippen LogP) is 1.29. The van der Waals surface area contributed by atoms with Crippen LogP contribution in [-0.4, -0.2) is 70.3 Å². The number of hydrogen-bond donors (Lipinski definition) is 4. The van der Waals surface area contributed by atoms with Crippen LogP contribution in [0.25, 0.3) is 0 Å². The normalized spacial score (nSPS) is 37.3. The molecule has 8 nitrogen and oxygen atoms in total. The van der Waals surface area contributed by atoms with Crippen LogP contribution in [0.5, 0.6) is 5.75 Å². The van der Waals surface area contributed by atoms with E-state index >= 15 is 0 Å². The fourth-order valence-electron chi connectivity index (χ4n) is 5.85. The summed E-state index contributed by atoms with van der Waals surface area (Å²) in [5.41, 5.74) is 1.05. The topological polar surface area (TPSA) is 111 Å². The van der Waals surface area contributed by atoms with E-state index in [9.17, 15) is 19.5 Å². The van der Waals surface area contributed by atoms with Crippen molar-refractivity contribution in [1.29, 1.82) is 0 Å². The molecule has 6 atom stereocenters. The van der Waals surface area contributed by atoms with Crippen molar-refractivity contribution in [3.8, 4) is 5.75 Å². The molecule has 2 heterocycles. The molecule has 0 amide bonds. The molecule has 1 aliphatic carbocycles. The van der Waals surface area contributed by atoms with E-state index in [-0.39, 0.29) is 17.5 Å². The van der Waals surface area contributed by atoms with Crippen molar-refractivity contribution in [2.75, 3.05) is 20.7 Å². The highest BCUT2D eigenvalue weighted by Gasteiger charge is 2.59. The molecule has 3 aliphatic rings. The summed E-state index contributed by atoms with van der Waals surface area (Å²) in [7, 11) is -1.00. The summed E-state index contributed by atoms with van der Waals surface area (Å²) in [6, 6.07) is 8.08. The lowest BCUT2D eigenvalue weighted by Gasteiger charge is -2.57. The summed E-state index contributed by atoms with van der Waals surface area (Å²) in [5.74, 6) is 0.504. The molecule has 1 saturated carbocycles. The first-order chi connectivity index (χ1) is 13.7. The maximum absolute atomic E-state index is 11.5. The molecule has 9 heteroatoms. The van der Waals surface area contributed by atoms with Gasteiger partial charge in [0.05, 0.1) is 19.3 Å². The Kier molecular flexibility index (Phi) is 5.81. The Hall–Kier alpha value is -0.990. The fraction of sp³-hybridized carbons (Fsp3) is 0.700. The van der Waals surface area contributed by atoms with Gasteiger partial charge in [-0.3, -0.25) is 9.42 Å². The lowest BCUT2D eigenvalue weighted by molar-refractivity contribution is -0.144. The molecule has 0 aromatic heterocycles. The molecule has 29 heavy (non-hydrogen) atoms. The molecule has 4 N–H and O–H groups in total. The number of fused-ring (bicyclic) bond motifs is 1. The predicted molar refractivity (Wildman–Crippen MR) is 108 cm³/mol. The third kappa shape index (κ3) is 4.12. The van der Waals surface area contributed by atoms with Gasteiger partial charge in [-0.25, -0.2) is 4.57 Å². The van der Waals surface area contributed by atoms with E-state index in [0.717, 1.165) is 30.7 Å². The zero-order valence-electron chi connectivity index (χ0n) is 16.9. The standard InChI is InChI=1S/C20H31N2O6P/c1-21-14-10-20-8-7-18(28-29(24,25)26)16(11-20)19(23)17(22(20)12-14)9-13-3-5-15(27-2)6-4-13/h3-6,14,16-19,21,23H,7-12H2,1-2H3,(H2,24,25,26)/t14-,16-,17-,18+,19-,20+/m0/s1. The van der Waals surface area contributed by atoms with E-state index in [0.29, 0.717) is 25.3 Å². The maximum Gasteiger partial charge on any atom is 0.469 e. The highest BCUT2D eigenvalue weighted by atomic mass is 31.2. The quantitative estimate of drug-likeness (QED) is 0.504. The SMILES string of the molecule is CN[C@@H]1CN2[C@@H](Cc3ccc(OC)cc3)[C@@H](O)[C@H]3C[C@@]2(CC[C@H]3OP(=O)(O)O)C1. The van der Waals surface area contributed by atoms with Gasteiger partial charge in [0.25, 0.3) is 0 Å². The van der Waals surface area contributed by atoms with Gasteiger partial charge in [0.1, 0.15) is 5.75 Å². The number of benzene rings is 1. The molecular formula is C20H31N2O6P. The Labute approximate surface area is 171 Å². The van der Waals surface area contributed by atoms with Crippen molar-refractivity contribution < 1.29 is 28.7 Å². The molecule has 2 aliphatic heterocycles. The summed E-state index contributed by atoms with van der Waals surface area (Å²) >= 11 is 0. The van der Waals surface area contributed by atoms with Gasteiger partial charge in [0.15, 0.2) is 0 Å². The number of nitrogens with zero attached hydrogens (tertiary/aromatic N) is 1. The second-order valence-electron chi connectivity index (χ2n) is 8.72. The number of aliphatic hydroxyl groups excluding tert-OH is 1. The van der Waals surface area contributed by atoms with Gasteiger partial charge in [-0.15, -0.1) is 0 Å². The minimum absolute atomic E-state index is 0.0521. The highest BCUT2D eigenvalue weighted by molar-refractivity contribution is 7.46. The molecular weight excluding hydrogens is 395 g/mol. The van der Waals surface area contributed by atoms with E-state index in [4.69, 9.17) is 9.26 Å². The van der Waals surface area contributed by atoms with Gasteiger partial charge >= 0.3 is 7.82 Å². The number of methoxy groups -OCH3 is 1. The Morgan fingerprint density at radius 3 is 2.62 bits per heavy atom. The smallest absolute Gasteiger partial charge is 0.469 e. The van der Waals surface area contributed by atoms with Crippen LogP contribution in [0.4, 0.5) is 0 Å². The summed E-state index contributed by atoms with van der Waals surface area (Å²) in [6.45, 7) is 0.866. The number of phosphoric acid groups is 1. The molecule has 4 rings (SSSR count). The van der Waals surface area contributed by atoms with Crippen LogP contribution in [-0.2, 0) is 15.5 Å². The first-order valence-corrected chi connectivity index (χ1v) is 11.8. The van der Waals surface area contributed by atoms with Gasteiger partial charge in [0.2, 0.25) is 0 Å². The second kappa shape index (κ2) is 7.93. The number of piperidine rings is 1. The summed E-state index contributed by atoms with van der Waals surface area (Å²) in [6.07, 6.45) is 2.39. The fourth-order valence-corrected chi connectivity index (χ4v) is 6.46. The third-order valence-electron chi connectivity index (χ3n) is 7.16. The van der Waals surface area contributed by atoms with Crippen LogP contribution in [0, 0.1) is 5.92 Å². The average molecular weight is 426 g/mol. The van der Waals surface area contributed by atoms with Gasteiger partial charge in [0, 0.05) is 30.1 Å². The molecule has 3 fully saturated rings. The lowest BCUT2D eigenvalue weighted by Crippen LogP contribution is -2.66. The molecule has 1 aromatic carbocycles. The maximum atomic E-state index is 11.5. The van der Waals surface area contributed by atoms with Crippen molar-refractivity contribution in [1.82, 2.24) is 10.2 Å². The minimum atomic E-state index is -4.60. The zero-order chi connectivity index (χ0) is 20.8. The highest BCUT2D eigenvalue weighted by Crippen LogP contribution is 2.54. The van der Waals surface area contributed by atoms with Crippen LogP contribution < -0.4 is 10.1 Å². The van der Waals surface area contributed by atoms with Crippen LogP contribution in [0.1, 0.15) is 31.2 Å². The Morgan fingerprint density at radius 2 is 2.00 bits per heavy atom. The molecule has 1 spiro atoms. The summed E-state index contributed by atoms with van der Waals surface area (Å²) in [4.78, 5) is 21.1. The summed E-state index contributed by atoms with van der Waals surface area (Å²) < 4.78 is 21.8. The van der Waals surface area contributed by atoms with Crippen molar-refractivity contribution >= 4 is 7.82 Å². The first-order valence-electron chi connectivity index (χ1n) is 10.2. The Bertz CT molecular complexity index is 771. The average Bonchev–Trinajstić information content (AvgIpc) is 3.05. The number of ether oxygens (including phenoxy) is 1. The van der Waals surface area contributed by atoms with Crippen molar-refractivity contribution in [3.63, 3.8) is 0 Å². The van der Waals surface area contributed by atoms with Crippen molar-refractivity contribution in [2.45, 2.75) is 61.9 Å². The van der Waals surface area contributed by atoms with Gasteiger partial charge in [-0.1, -0.05) is 12.1 Å². The van der Waals surface area contributed by atoms with E-state index in [2.05, 4.69) is 10.2 Å². The lowest BCUT2D eigenvalue weighted by atomic mass is 9.65. The Morgan fingerprint density at radius 1 is 1.28 bits per heavy atom. The van der Waals surface area contributed by atoms with E-state index in [1.54, 1.807) is 7.11 Å². The largest absolute Gasteiger partial charge is 0.497 e. The number of rotatable bonds is 6. The van der Waals surface area contributed by atoms with Crippen molar-refractivity contribution in [3.05, 3.63) is 29.8 Å². The molecule has 0 unspecified atom stereocenters. The van der Waals surface area contributed by atoms with Crippen molar-refractivity contribution in [2.24, 2.45) is 5.92 Å². The van der Waals surface area contributed by atoms with Crippen LogP contribution in [0.15, 0.2) is 24.3 Å². The molecule has 0 radical (unpaired) electrons. The first kappa shape index (κ1) is 21.2. The van der Waals surface area contributed by atoms with Gasteiger partial charge < -0.3 is 24.9 Å². The molecule has 1 aromatic rings. The molecule has 2 bridgehead atoms. The number of aliphatic hydroxyl groups is 1. The number of phosphoric ester groups is 1. The molecule has 162 valence electrons. The molecule has 2 saturated heterocycles. The minimum Gasteiger partial charge on any atom is -0.497 e. The second-order valence-corrected chi connectivity index (χ2v) is 9.91. The van der Waals surface area contributed by atoms with Gasteiger partial charge in [-0.2, -0.15) is 0 Å². The number of hydrogen-bond acceptors (Lipinski definition) is 6. The van der Waals surface area contributed by atoms with Crippen LogP contribution in [0.2, 0.25) is 0 Å². The van der Waals surface area contributed by atoms with Crippen LogP contribution in [0.3, 0.4) is 0 Å². The van der Waals surface area contributed by atoms with E-state index in [1.165, 1.54) is 0 Å². The van der Waals surface area contributed by atoms with Crippen LogP contribution >= 0.6 is 7.82 Å². The van der Waals surface area contributed by atoms with E-state index < -0.39 is 20.0 Å². The van der Waals surface area contributed by atoms with Gasteiger partial charge in [-0.05, 0) is 56.8 Å². The number of nitrogens with one attached hydrogen (secondary N) is 1.